The standard InChI is InChI=1S/C17H19O2/c1-5-14-10-12(2)17(13(3)11-14)19-16-8-6-15(18-4)7-9-16/h6-11H,1,5H2,2-4H3. The normalized spacial score (nSPS) is 10.3. The van der Waals surface area contributed by atoms with E-state index in [0.29, 0.717) is 0 Å². The summed E-state index contributed by atoms with van der Waals surface area (Å²) >= 11 is 0. The Labute approximate surface area is 115 Å². The highest BCUT2D eigenvalue weighted by atomic mass is 16.5. The molecule has 0 saturated heterocycles. The van der Waals surface area contributed by atoms with Gasteiger partial charge < -0.3 is 9.47 Å². The molecule has 2 heteroatoms. The average molecular weight is 255 g/mol. The Bertz CT molecular complexity index is 533. The van der Waals surface area contributed by atoms with Gasteiger partial charge >= 0.3 is 0 Å². The molecule has 0 spiro atoms. The second-order valence-corrected chi connectivity index (χ2v) is 4.59. The van der Waals surface area contributed by atoms with Crippen molar-refractivity contribution in [3.05, 3.63) is 60.0 Å². The summed E-state index contributed by atoms with van der Waals surface area (Å²) in [4.78, 5) is 0. The van der Waals surface area contributed by atoms with Gasteiger partial charge in [-0.3, -0.25) is 0 Å². The molecule has 19 heavy (non-hydrogen) atoms. The fourth-order valence-corrected chi connectivity index (χ4v) is 2.11. The van der Waals surface area contributed by atoms with E-state index in [4.69, 9.17) is 9.47 Å². The van der Waals surface area contributed by atoms with Crippen molar-refractivity contribution >= 4 is 0 Å². The van der Waals surface area contributed by atoms with Crippen LogP contribution in [-0.2, 0) is 6.42 Å². The lowest BCUT2D eigenvalue weighted by Crippen LogP contribution is -1.94. The maximum Gasteiger partial charge on any atom is 0.133 e. The molecule has 0 amide bonds. The first-order valence-electron chi connectivity index (χ1n) is 6.35. The van der Waals surface area contributed by atoms with Gasteiger partial charge in [-0.25, -0.2) is 0 Å². The highest BCUT2D eigenvalue weighted by Crippen LogP contribution is 2.30. The van der Waals surface area contributed by atoms with Gasteiger partial charge in [0.15, 0.2) is 0 Å². The highest BCUT2D eigenvalue weighted by Gasteiger charge is 2.07. The van der Waals surface area contributed by atoms with Crippen LogP contribution in [0.5, 0.6) is 17.2 Å². The number of hydrogen-bond donors (Lipinski definition) is 0. The second kappa shape index (κ2) is 5.79. The van der Waals surface area contributed by atoms with E-state index in [1.165, 1.54) is 5.56 Å². The predicted octanol–water partition coefficient (Wildman–Crippen LogP) is 4.48. The van der Waals surface area contributed by atoms with Crippen LogP contribution in [0.3, 0.4) is 0 Å². The smallest absolute Gasteiger partial charge is 0.133 e. The molecule has 0 fully saturated rings. The van der Waals surface area contributed by atoms with E-state index in [1.807, 2.05) is 24.3 Å². The van der Waals surface area contributed by atoms with E-state index in [2.05, 4.69) is 32.9 Å². The Balaban J connectivity index is 2.27. The van der Waals surface area contributed by atoms with Gasteiger partial charge in [0, 0.05) is 0 Å². The number of rotatable bonds is 4. The zero-order valence-corrected chi connectivity index (χ0v) is 11.7. The van der Waals surface area contributed by atoms with E-state index in [1.54, 1.807) is 7.11 Å². The molecular formula is C17H19O2. The third-order valence-corrected chi connectivity index (χ3v) is 3.09. The summed E-state index contributed by atoms with van der Waals surface area (Å²) in [6.07, 6.45) is 0.796. The van der Waals surface area contributed by atoms with E-state index in [9.17, 15) is 0 Å². The SMILES string of the molecule is [CH2]Cc1cc(C)c(Oc2ccc(OC)cc2)c(C)c1. The van der Waals surface area contributed by atoms with Crippen LogP contribution in [0.1, 0.15) is 16.7 Å². The summed E-state index contributed by atoms with van der Waals surface area (Å²) in [6.45, 7) is 8.04. The van der Waals surface area contributed by atoms with Crippen molar-refractivity contribution in [2.24, 2.45) is 0 Å². The van der Waals surface area contributed by atoms with Crippen LogP contribution in [0.4, 0.5) is 0 Å². The summed E-state index contributed by atoms with van der Waals surface area (Å²) in [5, 5.41) is 0. The highest BCUT2D eigenvalue weighted by molar-refractivity contribution is 5.46. The summed E-state index contributed by atoms with van der Waals surface area (Å²) < 4.78 is 11.1. The Morgan fingerprint density at radius 1 is 0.947 bits per heavy atom. The first-order valence-corrected chi connectivity index (χ1v) is 6.35. The summed E-state index contributed by atoms with van der Waals surface area (Å²) in [6, 6.07) is 11.9. The zero-order valence-electron chi connectivity index (χ0n) is 11.7. The molecule has 99 valence electrons. The van der Waals surface area contributed by atoms with Crippen molar-refractivity contribution in [2.45, 2.75) is 20.3 Å². The molecule has 0 atom stereocenters. The molecule has 2 aromatic carbocycles. The fraction of sp³-hybridized carbons (Fsp3) is 0.235. The summed E-state index contributed by atoms with van der Waals surface area (Å²) in [7, 11) is 1.65. The molecule has 0 saturated carbocycles. The lowest BCUT2D eigenvalue weighted by molar-refractivity contribution is 0.412. The van der Waals surface area contributed by atoms with Crippen LogP contribution in [0, 0.1) is 20.8 Å². The van der Waals surface area contributed by atoms with Crippen LogP contribution in [0.25, 0.3) is 0 Å². The summed E-state index contributed by atoms with van der Waals surface area (Å²) in [5.41, 5.74) is 3.50. The zero-order chi connectivity index (χ0) is 13.8. The van der Waals surface area contributed by atoms with Crippen molar-refractivity contribution in [1.29, 1.82) is 0 Å². The minimum atomic E-state index is 0.796. The van der Waals surface area contributed by atoms with Gasteiger partial charge in [0.05, 0.1) is 7.11 Å². The number of methoxy groups -OCH3 is 1. The molecule has 0 bridgehead atoms. The van der Waals surface area contributed by atoms with Gasteiger partial charge in [-0.15, -0.1) is 0 Å². The molecule has 0 aliphatic carbocycles. The van der Waals surface area contributed by atoms with Crippen LogP contribution in [0.15, 0.2) is 36.4 Å². The Kier molecular flexibility index (Phi) is 4.10. The van der Waals surface area contributed by atoms with Crippen molar-refractivity contribution in [3.63, 3.8) is 0 Å². The molecule has 0 N–H and O–H groups in total. The first-order chi connectivity index (χ1) is 9.13. The largest absolute Gasteiger partial charge is 0.497 e. The van der Waals surface area contributed by atoms with Gasteiger partial charge in [0.2, 0.25) is 0 Å². The quantitative estimate of drug-likeness (QED) is 0.802. The van der Waals surface area contributed by atoms with Crippen LogP contribution >= 0.6 is 0 Å². The topological polar surface area (TPSA) is 18.5 Å². The maximum atomic E-state index is 5.96. The minimum absolute atomic E-state index is 0.796. The molecule has 2 nitrogen and oxygen atoms in total. The van der Waals surface area contributed by atoms with Crippen molar-refractivity contribution < 1.29 is 9.47 Å². The predicted molar refractivity (Wildman–Crippen MR) is 78.0 cm³/mol. The van der Waals surface area contributed by atoms with Crippen molar-refractivity contribution in [1.82, 2.24) is 0 Å². The van der Waals surface area contributed by atoms with Crippen molar-refractivity contribution in [2.75, 3.05) is 7.11 Å². The molecule has 2 aromatic rings. The molecule has 2 rings (SSSR count). The Hall–Kier alpha value is -1.96. The molecule has 0 aliphatic heterocycles. The molecule has 0 heterocycles. The van der Waals surface area contributed by atoms with E-state index in [0.717, 1.165) is 34.8 Å². The van der Waals surface area contributed by atoms with E-state index < -0.39 is 0 Å². The number of benzene rings is 2. The molecule has 1 radical (unpaired) electrons. The molecule has 0 unspecified atom stereocenters. The monoisotopic (exact) mass is 255 g/mol. The van der Waals surface area contributed by atoms with Crippen molar-refractivity contribution in [3.8, 4) is 17.2 Å². The summed E-state index contributed by atoms with van der Waals surface area (Å²) in [5.74, 6) is 2.56. The maximum absolute atomic E-state index is 5.96. The van der Waals surface area contributed by atoms with Gasteiger partial charge in [-0.2, -0.15) is 0 Å². The number of ether oxygens (including phenoxy) is 2. The third-order valence-electron chi connectivity index (χ3n) is 3.09. The molecule has 0 aliphatic rings. The number of aryl methyl sites for hydroxylation is 2. The first kappa shape index (κ1) is 13.5. The second-order valence-electron chi connectivity index (χ2n) is 4.59. The van der Waals surface area contributed by atoms with Crippen LogP contribution < -0.4 is 9.47 Å². The minimum Gasteiger partial charge on any atom is -0.497 e. The average Bonchev–Trinajstić information content (AvgIpc) is 2.43. The molecule has 0 aromatic heterocycles. The Morgan fingerprint density at radius 2 is 1.47 bits per heavy atom. The van der Waals surface area contributed by atoms with Crippen LogP contribution in [-0.4, -0.2) is 7.11 Å². The lowest BCUT2D eigenvalue weighted by atomic mass is 10.0. The van der Waals surface area contributed by atoms with Crippen LogP contribution in [0.2, 0.25) is 0 Å². The van der Waals surface area contributed by atoms with Gasteiger partial charge in [0.1, 0.15) is 17.2 Å². The lowest BCUT2D eigenvalue weighted by Gasteiger charge is -2.13. The van der Waals surface area contributed by atoms with Gasteiger partial charge in [-0.1, -0.05) is 12.1 Å². The van der Waals surface area contributed by atoms with E-state index >= 15 is 0 Å². The van der Waals surface area contributed by atoms with Gasteiger partial charge in [-0.05, 0) is 68.1 Å². The van der Waals surface area contributed by atoms with E-state index in [-0.39, 0.29) is 0 Å². The Morgan fingerprint density at radius 3 is 1.95 bits per heavy atom. The number of hydrogen-bond acceptors (Lipinski definition) is 2. The van der Waals surface area contributed by atoms with Gasteiger partial charge in [0.25, 0.3) is 0 Å². The molecular weight excluding hydrogens is 236 g/mol. The third kappa shape index (κ3) is 3.08. The fourth-order valence-electron chi connectivity index (χ4n) is 2.11.